The van der Waals surface area contributed by atoms with Gasteiger partial charge in [-0.2, -0.15) is 0 Å². The van der Waals surface area contributed by atoms with Crippen LogP contribution in [0.5, 0.6) is 0 Å². The third kappa shape index (κ3) is 1.99. The van der Waals surface area contributed by atoms with Gasteiger partial charge in [0.15, 0.2) is 0 Å². The average Bonchev–Trinajstić information content (AvgIpc) is 2.85. The Morgan fingerprint density at radius 1 is 1.39 bits per heavy atom. The highest BCUT2D eigenvalue weighted by Gasteiger charge is 2.21. The summed E-state index contributed by atoms with van der Waals surface area (Å²) >= 11 is 0. The normalized spacial score (nSPS) is 20.3. The van der Waals surface area contributed by atoms with Crippen LogP contribution in [0, 0.1) is 0 Å². The SMILES string of the molecule is C[C@@H]1CN(C(=O)c2ccc3[nH]ccc3c2)CCN1. The third-order valence-corrected chi connectivity index (χ3v) is 3.46. The lowest BCUT2D eigenvalue weighted by Crippen LogP contribution is -2.51. The van der Waals surface area contributed by atoms with E-state index in [1.165, 1.54) is 0 Å². The van der Waals surface area contributed by atoms with Crippen LogP contribution in [0.15, 0.2) is 30.5 Å². The number of nitrogens with one attached hydrogen (secondary N) is 2. The Bertz CT molecular complexity index is 575. The first-order chi connectivity index (χ1) is 8.74. The Labute approximate surface area is 106 Å². The monoisotopic (exact) mass is 243 g/mol. The van der Waals surface area contributed by atoms with Crippen LogP contribution in [0.1, 0.15) is 17.3 Å². The topological polar surface area (TPSA) is 48.1 Å². The maximum absolute atomic E-state index is 12.4. The average molecular weight is 243 g/mol. The smallest absolute Gasteiger partial charge is 0.253 e. The molecule has 4 heteroatoms. The molecule has 2 aromatic rings. The van der Waals surface area contributed by atoms with Crippen molar-refractivity contribution in [3.05, 3.63) is 36.0 Å². The summed E-state index contributed by atoms with van der Waals surface area (Å²) in [7, 11) is 0. The zero-order valence-electron chi connectivity index (χ0n) is 10.4. The zero-order chi connectivity index (χ0) is 12.5. The molecule has 0 radical (unpaired) electrons. The Hall–Kier alpha value is -1.81. The maximum atomic E-state index is 12.4. The number of carbonyl (C=O) groups is 1. The quantitative estimate of drug-likeness (QED) is 0.799. The van der Waals surface area contributed by atoms with E-state index in [2.05, 4.69) is 17.2 Å². The van der Waals surface area contributed by atoms with Crippen LogP contribution in [0.25, 0.3) is 10.9 Å². The Kier molecular flexibility index (Phi) is 2.80. The standard InChI is InChI=1S/C14H17N3O/c1-10-9-17(7-6-15-10)14(18)12-2-3-13-11(8-12)4-5-16-13/h2-5,8,10,15-16H,6-7,9H2,1H3/t10-/m1/s1. The highest BCUT2D eigenvalue weighted by molar-refractivity contribution is 5.98. The molecule has 4 nitrogen and oxygen atoms in total. The molecule has 1 saturated heterocycles. The molecule has 0 saturated carbocycles. The lowest BCUT2D eigenvalue weighted by Gasteiger charge is -2.32. The van der Waals surface area contributed by atoms with Crippen LogP contribution >= 0.6 is 0 Å². The van der Waals surface area contributed by atoms with Crippen LogP contribution < -0.4 is 5.32 Å². The molecule has 1 aliphatic heterocycles. The lowest BCUT2D eigenvalue weighted by molar-refractivity contribution is 0.0709. The fourth-order valence-electron chi connectivity index (χ4n) is 2.49. The number of rotatable bonds is 1. The number of H-pyrrole nitrogens is 1. The van der Waals surface area contributed by atoms with E-state index in [-0.39, 0.29) is 5.91 Å². The number of nitrogens with zero attached hydrogens (tertiary/aromatic N) is 1. The van der Waals surface area contributed by atoms with Crippen molar-refractivity contribution in [1.29, 1.82) is 0 Å². The summed E-state index contributed by atoms with van der Waals surface area (Å²) in [6.07, 6.45) is 1.89. The molecule has 2 heterocycles. The van der Waals surface area contributed by atoms with Crippen molar-refractivity contribution in [2.24, 2.45) is 0 Å². The summed E-state index contributed by atoms with van der Waals surface area (Å²) in [5.74, 6) is 0.131. The van der Waals surface area contributed by atoms with Crippen molar-refractivity contribution in [2.75, 3.05) is 19.6 Å². The number of aromatic nitrogens is 1. The molecule has 94 valence electrons. The number of piperazine rings is 1. The second-order valence-corrected chi connectivity index (χ2v) is 4.89. The van der Waals surface area contributed by atoms with Gasteiger partial charge in [0.25, 0.3) is 5.91 Å². The molecular formula is C14H17N3O. The molecule has 0 unspecified atom stereocenters. The van der Waals surface area contributed by atoms with Crippen molar-refractivity contribution >= 4 is 16.8 Å². The van der Waals surface area contributed by atoms with Gasteiger partial charge in [0, 0.05) is 48.3 Å². The zero-order valence-corrected chi connectivity index (χ0v) is 10.4. The minimum Gasteiger partial charge on any atom is -0.361 e. The Morgan fingerprint density at radius 3 is 3.11 bits per heavy atom. The summed E-state index contributed by atoms with van der Waals surface area (Å²) in [5.41, 5.74) is 1.84. The summed E-state index contributed by atoms with van der Waals surface area (Å²) in [6, 6.07) is 8.19. The third-order valence-electron chi connectivity index (χ3n) is 3.46. The second kappa shape index (κ2) is 4.46. The number of hydrogen-bond donors (Lipinski definition) is 2. The summed E-state index contributed by atoms with van der Waals surface area (Å²) in [4.78, 5) is 17.5. The molecule has 2 N–H and O–H groups in total. The van der Waals surface area contributed by atoms with E-state index < -0.39 is 0 Å². The van der Waals surface area contributed by atoms with Gasteiger partial charge in [-0.25, -0.2) is 0 Å². The number of aromatic amines is 1. The number of benzene rings is 1. The van der Waals surface area contributed by atoms with Gasteiger partial charge in [-0.05, 0) is 31.2 Å². The number of amides is 1. The van der Waals surface area contributed by atoms with Gasteiger partial charge in [0.2, 0.25) is 0 Å². The van der Waals surface area contributed by atoms with E-state index >= 15 is 0 Å². The van der Waals surface area contributed by atoms with Crippen molar-refractivity contribution in [1.82, 2.24) is 15.2 Å². The number of fused-ring (bicyclic) bond motifs is 1. The minimum absolute atomic E-state index is 0.131. The van der Waals surface area contributed by atoms with Gasteiger partial charge >= 0.3 is 0 Å². The van der Waals surface area contributed by atoms with E-state index in [0.29, 0.717) is 6.04 Å². The van der Waals surface area contributed by atoms with Crippen LogP contribution in [-0.2, 0) is 0 Å². The summed E-state index contributed by atoms with van der Waals surface area (Å²) < 4.78 is 0. The number of hydrogen-bond acceptors (Lipinski definition) is 2. The summed E-state index contributed by atoms with van der Waals surface area (Å²) in [6.45, 7) is 4.55. The second-order valence-electron chi connectivity index (χ2n) is 4.89. The van der Waals surface area contributed by atoms with Gasteiger partial charge in [-0.15, -0.1) is 0 Å². The molecule has 3 rings (SSSR count). The van der Waals surface area contributed by atoms with Gasteiger partial charge in [0.1, 0.15) is 0 Å². The first kappa shape index (κ1) is 11.3. The largest absolute Gasteiger partial charge is 0.361 e. The molecule has 1 amide bonds. The van der Waals surface area contributed by atoms with Gasteiger partial charge in [-0.3, -0.25) is 4.79 Å². The highest BCUT2D eigenvalue weighted by Crippen LogP contribution is 2.16. The molecule has 0 spiro atoms. The number of carbonyl (C=O) groups excluding carboxylic acids is 1. The van der Waals surface area contributed by atoms with Crippen molar-refractivity contribution < 1.29 is 4.79 Å². The van der Waals surface area contributed by atoms with E-state index in [0.717, 1.165) is 36.1 Å². The fourth-order valence-corrected chi connectivity index (χ4v) is 2.49. The predicted octanol–water partition coefficient (Wildman–Crippen LogP) is 1.60. The van der Waals surface area contributed by atoms with E-state index in [4.69, 9.17) is 0 Å². The first-order valence-electron chi connectivity index (χ1n) is 6.34. The first-order valence-corrected chi connectivity index (χ1v) is 6.34. The highest BCUT2D eigenvalue weighted by atomic mass is 16.2. The van der Waals surface area contributed by atoms with E-state index in [1.807, 2.05) is 35.4 Å². The van der Waals surface area contributed by atoms with Crippen LogP contribution in [0.2, 0.25) is 0 Å². The molecule has 0 aliphatic carbocycles. The maximum Gasteiger partial charge on any atom is 0.253 e. The van der Waals surface area contributed by atoms with Crippen molar-refractivity contribution in [3.8, 4) is 0 Å². The van der Waals surface area contributed by atoms with Crippen LogP contribution in [-0.4, -0.2) is 41.5 Å². The molecule has 0 bridgehead atoms. The molecule has 1 aliphatic rings. The fraction of sp³-hybridized carbons (Fsp3) is 0.357. The lowest BCUT2D eigenvalue weighted by atomic mass is 10.1. The Balaban J connectivity index is 1.86. The molecule has 1 fully saturated rings. The molecule has 1 aromatic heterocycles. The minimum atomic E-state index is 0.131. The summed E-state index contributed by atoms with van der Waals surface area (Å²) in [5, 5.41) is 4.43. The van der Waals surface area contributed by atoms with Crippen molar-refractivity contribution in [3.63, 3.8) is 0 Å². The van der Waals surface area contributed by atoms with Crippen molar-refractivity contribution in [2.45, 2.75) is 13.0 Å². The molecule has 1 atom stereocenters. The predicted molar refractivity (Wildman–Crippen MR) is 71.7 cm³/mol. The molecular weight excluding hydrogens is 226 g/mol. The van der Waals surface area contributed by atoms with Crippen LogP contribution in [0.3, 0.4) is 0 Å². The molecule has 1 aromatic carbocycles. The van der Waals surface area contributed by atoms with Gasteiger partial charge in [-0.1, -0.05) is 0 Å². The van der Waals surface area contributed by atoms with Gasteiger partial charge < -0.3 is 15.2 Å². The Morgan fingerprint density at radius 2 is 2.28 bits per heavy atom. The molecule has 18 heavy (non-hydrogen) atoms. The van der Waals surface area contributed by atoms with Gasteiger partial charge in [0.05, 0.1) is 0 Å². The van der Waals surface area contributed by atoms with E-state index in [9.17, 15) is 4.79 Å². The van der Waals surface area contributed by atoms with Crippen LogP contribution in [0.4, 0.5) is 0 Å². The van der Waals surface area contributed by atoms with E-state index in [1.54, 1.807) is 0 Å².